The van der Waals surface area contributed by atoms with Crippen LogP contribution < -0.4 is 5.32 Å². The number of rotatable bonds is 5. The van der Waals surface area contributed by atoms with Crippen molar-refractivity contribution in [2.75, 3.05) is 14.2 Å². The number of benzene rings is 2. The van der Waals surface area contributed by atoms with Gasteiger partial charge in [-0.2, -0.15) is 5.26 Å². The van der Waals surface area contributed by atoms with Gasteiger partial charge in [-0.15, -0.1) is 0 Å². The molecule has 0 radical (unpaired) electrons. The normalized spacial score (nSPS) is 21.5. The minimum Gasteiger partial charge on any atom is -0.469 e. The molecule has 0 unspecified atom stereocenters. The zero-order valence-corrected chi connectivity index (χ0v) is 23.8. The molecule has 9 nitrogen and oxygen atoms in total. The summed E-state index contributed by atoms with van der Waals surface area (Å²) >= 11 is 12.4. The predicted octanol–water partition coefficient (Wildman–Crippen LogP) is 4.36. The van der Waals surface area contributed by atoms with Gasteiger partial charge in [0, 0.05) is 33.5 Å². The van der Waals surface area contributed by atoms with Gasteiger partial charge in [-0.1, -0.05) is 53.5 Å². The van der Waals surface area contributed by atoms with Crippen LogP contribution >= 0.6 is 23.2 Å². The number of carbonyl (C=O) groups is 4. The van der Waals surface area contributed by atoms with Gasteiger partial charge >= 0.3 is 11.9 Å². The average molecular weight is 582 g/mol. The summed E-state index contributed by atoms with van der Waals surface area (Å²) in [4.78, 5) is 60.3. The first-order chi connectivity index (χ1) is 18.8. The molecule has 1 spiro atoms. The Labute approximate surface area is 240 Å². The third-order valence-electron chi connectivity index (χ3n) is 6.92. The Hall–Kier alpha value is -4.00. The Bertz CT molecular complexity index is 1530. The van der Waals surface area contributed by atoms with Crippen molar-refractivity contribution in [1.82, 2.24) is 5.32 Å². The fraction of sp³-hybridized carbons (Fsp3) is 0.310. The van der Waals surface area contributed by atoms with Crippen LogP contribution in [0.1, 0.15) is 47.1 Å². The number of Topliss-reactive ketones (excluding diaryl/α,β-unsaturated/α-hetero) is 2. The van der Waals surface area contributed by atoms with Gasteiger partial charge in [0.1, 0.15) is 12.0 Å². The van der Waals surface area contributed by atoms with E-state index in [0.29, 0.717) is 10.6 Å². The zero-order chi connectivity index (χ0) is 29.6. The number of nitriles is 1. The molecule has 2 aromatic carbocycles. The van der Waals surface area contributed by atoms with Crippen LogP contribution in [-0.2, 0) is 19.1 Å². The van der Waals surface area contributed by atoms with E-state index in [-0.39, 0.29) is 21.8 Å². The molecule has 2 atom stereocenters. The molecule has 2 aliphatic carbocycles. The van der Waals surface area contributed by atoms with E-state index in [9.17, 15) is 24.4 Å². The monoisotopic (exact) mass is 581 g/mol. The highest BCUT2D eigenvalue weighted by atomic mass is 35.5. The first-order valence-corrected chi connectivity index (χ1v) is 12.9. The van der Waals surface area contributed by atoms with Gasteiger partial charge in [0.15, 0.2) is 17.0 Å². The molecule has 1 N–H and O–H groups in total. The van der Waals surface area contributed by atoms with Crippen molar-refractivity contribution in [3.8, 4) is 6.07 Å². The van der Waals surface area contributed by atoms with Crippen molar-refractivity contribution in [3.05, 3.63) is 80.5 Å². The van der Waals surface area contributed by atoms with Crippen LogP contribution in [0.5, 0.6) is 0 Å². The molecule has 0 aliphatic heterocycles. The number of esters is 2. The lowest BCUT2D eigenvalue weighted by atomic mass is 9.62. The van der Waals surface area contributed by atoms with Crippen LogP contribution in [-0.4, -0.2) is 55.0 Å². The Morgan fingerprint density at radius 3 is 2.12 bits per heavy atom. The lowest BCUT2D eigenvalue weighted by Gasteiger charge is -2.38. The Kier molecular flexibility index (Phi) is 7.39. The maximum absolute atomic E-state index is 14.4. The number of halogens is 2. The molecule has 0 aromatic heterocycles. The quantitative estimate of drug-likeness (QED) is 0.312. The number of fused-ring (bicyclic) bond motifs is 1. The summed E-state index contributed by atoms with van der Waals surface area (Å²) in [5.41, 5.74) is -6.16. The second-order valence-electron chi connectivity index (χ2n) is 10.4. The Balaban J connectivity index is 2.19. The number of hydrogen-bond donors (Lipinski definition) is 1. The molecule has 0 fully saturated rings. The van der Waals surface area contributed by atoms with Gasteiger partial charge in [0.2, 0.25) is 5.54 Å². The molecular weight excluding hydrogens is 557 g/mol. The fourth-order valence-corrected chi connectivity index (χ4v) is 5.80. The highest BCUT2D eigenvalue weighted by molar-refractivity contribution is 6.36. The van der Waals surface area contributed by atoms with Crippen LogP contribution in [0.25, 0.3) is 0 Å². The Morgan fingerprint density at radius 2 is 1.65 bits per heavy atom. The van der Waals surface area contributed by atoms with Gasteiger partial charge in [0.05, 0.1) is 30.5 Å². The molecule has 0 saturated heterocycles. The molecule has 40 heavy (non-hydrogen) atoms. The maximum Gasteiger partial charge on any atom is 0.336 e. The number of methoxy groups -OCH3 is 2. The SMILES string of the molecule is COC(=O)C1=C(NC(C)(C)C)[C@@](C#N)(N=Cc2ccc(Cl)cc2Cl)C2(C(=O)c3ccccc3C2=O)[C@H]1C(=O)OC. The summed E-state index contributed by atoms with van der Waals surface area (Å²) < 4.78 is 10.1. The van der Waals surface area contributed by atoms with Crippen molar-refractivity contribution < 1.29 is 28.7 Å². The zero-order valence-electron chi connectivity index (χ0n) is 22.3. The number of hydrogen-bond acceptors (Lipinski definition) is 9. The molecule has 206 valence electrons. The van der Waals surface area contributed by atoms with Gasteiger partial charge in [-0.05, 0) is 32.9 Å². The largest absolute Gasteiger partial charge is 0.469 e. The second kappa shape index (κ2) is 10.2. The van der Waals surface area contributed by atoms with E-state index in [1.165, 1.54) is 30.5 Å². The maximum atomic E-state index is 14.4. The molecule has 0 heterocycles. The third kappa shape index (κ3) is 4.10. The van der Waals surface area contributed by atoms with E-state index in [1.54, 1.807) is 39.0 Å². The molecular formula is C29H25Cl2N3O6. The topological polar surface area (TPSA) is 135 Å². The van der Waals surface area contributed by atoms with Crippen molar-refractivity contribution in [3.63, 3.8) is 0 Å². The molecule has 2 aliphatic rings. The van der Waals surface area contributed by atoms with Crippen molar-refractivity contribution in [2.45, 2.75) is 31.8 Å². The molecule has 0 bridgehead atoms. The van der Waals surface area contributed by atoms with Crippen LogP contribution in [0.2, 0.25) is 10.0 Å². The van der Waals surface area contributed by atoms with Gasteiger partial charge in [0.25, 0.3) is 0 Å². The molecule has 0 saturated carbocycles. The average Bonchev–Trinajstić information content (AvgIpc) is 3.29. The summed E-state index contributed by atoms with van der Waals surface area (Å²) in [6.07, 6.45) is 1.21. The van der Waals surface area contributed by atoms with Crippen LogP contribution in [0.15, 0.2) is 58.7 Å². The number of carbonyl (C=O) groups excluding carboxylic acids is 4. The summed E-state index contributed by atoms with van der Waals surface area (Å²) in [7, 11) is 2.14. The summed E-state index contributed by atoms with van der Waals surface area (Å²) in [6.45, 7) is 5.21. The molecule has 0 amide bonds. The van der Waals surface area contributed by atoms with Crippen molar-refractivity contribution in [2.24, 2.45) is 16.3 Å². The fourth-order valence-electron chi connectivity index (χ4n) is 5.35. The number of aliphatic imine (C=N–C) groups is 1. The summed E-state index contributed by atoms with van der Waals surface area (Å²) in [5.74, 6) is -5.68. The van der Waals surface area contributed by atoms with Crippen LogP contribution in [0.4, 0.5) is 0 Å². The number of nitrogens with one attached hydrogen (secondary N) is 1. The minimum atomic E-state index is -2.54. The van der Waals surface area contributed by atoms with E-state index in [0.717, 1.165) is 14.2 Å². The number of nitrogens with zero attached hydrogens (tertiary/aromatic N) is 2. The first kappa shape index (κ1) is 29.0. The molecule has 4 rings (SSSR count). The smallest absolute Gasteiger partial charge is 0.336 e. The summed E-state index contributed by atoms with van der Waals surface area (Å²) in [6, 6.07) is 12.5. The van der Waals surface area contributed by atoms with E-state index in [1.807, 2.05) is 0 Å². The van der Waals surface area contributed by atoms with E-state index >= 15 is 0 Å². The highest BCUT2D eigenvalue weighted by Crippen LogP contribution is 2.61. The lowest BCUT2D eigenvalue weighted by Crippen LogP contribution is -2.59. The van der Waals surface area contributed by atoms with E-state index in [4.69, 9.17) is 32.7 Å². The molecule has 2 aromatic rings. The van der Waals surface area contributed by atoms with Gasteiger partial charge < -0.3 is 14.8 Å². The predicted molar refractivity (Wildman–Crippen MR) is 147 cm³/mol. The number of ketones is 2. The van der Waals surface area contributed by atoms with Crippen molar-refractivity contribution >= 4 is 52.9 Å². The standard InChI is InChI=1S/C29H25Cl2N3O6/c1-27(2,3)34-22-20(25(37)39-4)21(26(38)40-5)29(23(35)17-8-6-7-9-18(17)24(29)36)28(22,14-32)33-13-15-10-11-16(30)12-19(15)31/h6-13,21,34H,1-5H3/t21-,28-/m1/s1. The second-order valence-corrected chi connectivity index (χ2v) is 11.2. The minimum absolute atomic E-state index is 0.0121. The van der Waals surface area contributed by atoms with E-state index < -0.39 is 51.5 Å². The van der Waals surface area contributed by atoms with Crippen LogP contribution in [0.3, 0.4) is 0 Å². The van der Waals surface area contributed by atoms with Crippen molar-refractivity contribution in [1.29, 1.82) is 5.26 Å². The Morgan fingerprint density at radius 1 is 1.05 bits per heavy atom. The first-order valence-electron chi connectivity index (χ1n) is 12.1. The molecule has 11 heteroatoms. The van der Waals surface area contributed by atoms with E-state index in [2.05, 4.69) is 16.4 Å². The number of ether oxygens (including phenoxy) is 2. The summed E-state index contributed by atoms with van der Waals surface area (Å²) in [5, 5.41) is 14.6. The van der Waals surface area contributed by atoms with Gasteiger partial charge in [-0.3, -0.25) is 19.4 Å². The third-order valence-corrected chi connectivity index (χ3v) is 7.48. The lowest BCUT2D eigenvalue weighted by molar-refractivity contribution is -0.149. The highest BCUT2D eigenvalue weighted by Gasteiger charge is 2.79. The van der Waals surface area contributed by atoms with Gasteiger partial charge in [-0.25, -0.2) is 4.79 Å². The van der Waals surface area contributed by atoms with Crippen LogP contribution in [0, 0.1) is 22.7 Å².